The Balaban J connectivity index is 2.04. The Kier molecular flexibility index (Phi) is 3.89. The molecule has 3 heteroatoms. The molecule has 0 aliphatic carbocycles. The van der Waals surface area contributed by atoms with Crippen molar-refractivity contribution < 1.29 is 9.47 Å². The lowest BCUT2D eigenvalue weighted by molar-refractivity contribution is 0.296. The van der Waals surface area contributed by atoms with E-state index in [2.05, 4.69) is 0 Å². The van der Waals surface area contributed by atoms with Crippen LogP contribution < -0.4 is 9.47 Å². The van der Waals surface area contributed by atoms with Crippen molar-refractivity contribution in [1.29, 1.82) is 0 Å². The summed E-state index contributed by atoms with van der Waals surface area (Å²) >= 11 is 5.80. The molecule has 2 aromatic carbocycles. The van der Waals surface area contributed by atoms with Gasteiger partial charge < -0.3 is 9.47 Å². The number of methoxy groups -OCH3 is 1. The van der Waals surface area contributed by atoms with Crippen molar-refractivity contribution in [2.45, 2.75) is 6.61 Å². The monoisotopic (exact) mass is 248 g/mol. The quantitative estimate of drug-likeness (QED) is 0.816. The molecule has 0 fully saturated rings. The van der Waals surface area contributed by atoms with Crippen LogP contribution in [-0.4, -0.2) is 7.11 Å². The summed E-state index contributed by atoms with van der Waals surface area (Å²) in [7, 11) is 1.65. The fraction of sp³-hybridized carbons (Fsp3) is 0.143. The molecule has 2 nitrogen and oxygen atoms in total. The van der Waals surface area contributed by atoms with Crippen molar-refractivity contribution in [2.24, 2.45) is 0 Å². The number of ether oxygens (including phenoxy) is 2. The second kappa shape index (κ2) is 5.60. The first-order valence-corrected chi connectivity index (χ1v) is 5.67. The summed E-state index contributed by atoms with van der Waals surface area (Å²) < 4.78 is 10.9. The minimum absolute atomic E-state index is 0.478. The van der Waals surface area contributed by atoms with Crippen LogP contribution in [0, 0.1) is 0 Å². The van der Waals surface area contributed by atoms with Crippen molar-refractivity contribution in [3.05, 3.63) is 59.1 Å². The van der Waals surface area contributed by atoms with Crippen LogP contribution in [0.1, 0.15) is 5.56 Å². The first-order chi connectivity index (χ1) is 8.29. The maximum Gasteiger partial charge on any atom is 0.125 e. The van der Waals surface area contributed by atoms with Gasteiger partial charge >= 0.3 is 0 Å². The highest BCUT2D eigenvalue weighted by molar-refractivity contribution is 6.30. The Bertz CT molecular complexity index is 480. The van der Waals surface area contributed by atoms with Gasteiger partial charge in [-0.05, 0) is 30.3 Å². The average molecular weight is 249 g/mol. The molecule has 0 spiro atoms. The molecule has 0 saturated heterocycles. The number of para-hydroxylation sites is 1. The third-order valence-corrected chi connectivity index (χ3v) is 2.65. The van der Waals surface area contributed by atoms with E-state index in [0.717, 1.165) is 17.1 Å². The Labute approximate surface area is 106 Å². The molecular weight excluding hydrogens is 236 g/mol. The topological polar surface area (TPSA) is 18.5 Å². The van der Waals surface area contributed by atoms with Gasteiger partial charge in [0.1, 0.15) is 18.1 Å². The van der Waals surface area contributed by atoms with Gasteiger partial charge in [-0.2, -0.15) is 0 Å². The van der Waals surface area contributed by atoms with Crippen LogP contribution >= 0.6 is 11.6 Å². The summed E-state index contributed by atoms with van der Waals surface area (Å²) in [5, 5.41) is 0.703. The lowest BCUT2D eigenvalue weighted by Crippen LogP contribution is -1.98. The van der Waals surface area contributed by atoms with Crippen molar-refractivity contribution in [3.8, 4) is 11.5 Å². The number of benzene rings is 2. The van der Waals surface area contributed by atoms with Crippen molar-refractivity contribution in [2.75, 3.05) is 7.11 Å². The smallest absolute Gasteiger partial charge is 0.125 e. The average Bonchev–Trinajstić information content (AvgIpc) is 2.38. The SMILES string of the molecule is COc1ccccc1COc1ccc(Cl)cc1. The third-order valence-electron chi connectivity index (χ3n) is 2.40. The first-order valence-electron chi connectivity index (χ1n) is 5.30. The molecule has 0 radical (unpaired) electrons. The zero-order valence-electron chi connectivity index (χ0n) is 9.52. The second-order valence-corrected chi connectivity index (χ2v) is 3.99. The molecule has 0 atom stereocenters. The fourth-order valence-electron chi connectivity index (χ4n) is 1.51. The van der Waals surface area contributed by atoms with Gasteiger partial charge in [-0.15, -0.1) is 0 Å². The molecule has 0 saturated carbocycles. The van der Waals surface area contributed by atoms with E-state index in [9.17, 15) is 0 Å². The number of halogens is 1. The number of hydrogen-bond acceptors (Lipinski definition) is 2. The van der Waals surface area contributed by atoms with Gasteiger partial charge in [0, 0.05) is 10.6 Å². The molecule has 0 aromatic heterocycles. The fourth-order valence-corrected chi connectivity index (χ4v) is 1.64. The van der Waals surface area contributed by atoms with Crippen LogP contribution in [0.25, 0.3) is 0 Å². The summed E-state index contributed by atoms with van der Waals surface area (Å²) in [6, 6.07) is 15.1. The van der Waals surface area contributed by atoms with E-state index in [1.54, 1.807) is 19.2 Å². The Morgan fingerprint density at radius 2 is 1.71 bits per heavy atom. The molecule has 0 N–H and O–H groups in total. The maximum absolute atomic E-state index is 5.80. The summed E-state index contributed by atoms with van der Waals surface area (Å²) in [6.45, 7) is 0.478. The van der Waals surface area contributed by atoms with Crippen LogP contribution in [-0.2, 0) is 6.61 Å². The van der Waals surface area contributed by atoms with Gasteiger partial charge in [0.05, 0.1) is 7.11 Å². The largest absolute Gasteiger partial charge is 0.496 e. The highest BCUT2D eigenvalue weighted by Crippen LogP contribution is 2.21. The normalized spacial score (nSPS) is 10.0. The summed E-state index contributed by atoms with van der Waals surface area (Å²) in [4.78, 5) is 0. The van der Waals surface area contributed by atoms with Gasteiger partial charge in [-0.25, -0.2) is 0 Å². The number of hydrogen-bond donors (Lipinski definition) is 0. The Morgan fingerprint density at radius 3 is 2.41 bits per heavy atom. The van der Waals surface area contributed by atoms with E-state index in [1.165, 1.54) is 0 Å². The standard InChI is InChI=1S/C14H13ClO2/c1-16-14-5-3-2-4-11(14)10-17-13-8-6-12(15)7-9-13/h2-9H,10H2,1H3. The second-order valence-electron chi connectivity index (χ2n) is 3.55. The lowest BCUT2D eigenvalue weighted by atomic mass is 10.2. The molecule has 0 bridgehead atoms. The van der Waals surface area contributed by atoms with Crippen LogP contribution in [0.15, 0.2) is 48.5 Å². The van der Waals surface area contributed by atoms with E-state index in [0.29, 0.717) is 11.6 Å². The van der Waals surface area contributed by atoms with Crippen LogP contribution in [0.2, 0.25) is 5.02 Å². The predicted octanol–water partition coefficient (Wildman–Crippen LogP) is 3.93. The maximum atomic E-state index is 5.80. The van der Waals surface area contributed by atoms with Crippen molar-refractivity contribution in [1.82, 2.24) is 0 Å². The molecule has 0 aliphatic heterocycles. The van der Waals surface area contributed by atoms with Crippen molar-refractivity contribution in [3.63, 3.8) is 0 Å². The molecule has 2 rings (SSSR count). The summed E-state index contributed by atoms with van der Waals surface area (Å²) in [5.74, 6) is 1.63. The minimum Gasteiger partial charge on any atom is -0.496 e. The van der Waals surface area contributed by atoms with Gasteiger partial charge in [0.15, 0.2) is 0 Å². The van der Waals surface area contributed by atoms with E-state index in [4.69, 9.17) is 21.1 Å². The molecule has 88 valence electrons. The number of rotatable bonds is 4. The van der Waals surface area contributed by atoms with Crippen LogP contribution in [0.3, 0.4) is 0 Å². The highest BCUT2D eigenvalue weighted by Gasteiger charge is 2.02. The lowest BCUT2D eigenvalue weighted by Gasteiger charge is -2.09. The molecule has 2 aromatic rings. The summed E-state index contributed by atoms with van der Waals surface area (Å²) in [6.07, 6.45) is 0. The molecule has 0 heterocycles. The van der Waals surface area contributed by atoms with E-state index in [-0.39, 0.29) is 0 Å². The molecule has 0 aliphatic rings. The zero-order valence-corrected chi connectivity index (χ0v) is 10.3. The van der Waals surface area contributed by atoms with Gasteiger partial charge in [-0.3, -0.25) is 0 Å². The Morgan fingerprint density at radius 1 is 1.00 bits per heavy atom. The van der Waals surface area contributed by atoms with Crippen molar-refractivity contribution >= 4 is 11.6 Å². The summed E-state index contributed by atoms with van der Waals surface area (Å²) in [5.41, 5.74) is 1.02. The highest BCUT2D eigenvalue weighted by atomic mass is 35.5. The minimum atomic E-state index is 0.478. The van der Waals surface area contributed by atoms with E-state index < -0.39 is 0 Å². The molecule has 17 heavy (non-hydrogen) atoms. The molecule has 0 unspecified atom stereocenters. The third kappa shape index (κ3) is 3.14. The van der Waals surface area contributed by atoms with Crippen LogP contribution in [0.5, 0.6) is 11.5 Å². The van der Waals surface area contributed by atoms with E-state index >= 15 is 0 Å². The van der Waals surface area contributed by atoms with Gasteiger partial charge in [0.2, 0.25) is 0 Å². The van der Waals surface area contributed by atoms with Gasteiger partial charge in [0.25, 0.3) is 0 Å². The molecule has 0 amide bonds. The Hall–Kier alpha value is -1.67. The molecular formula is C14H13ClO2. The van der Waals surface area contributed by atoms with Crippen LogP contribution in [0.4, 0.5) is 0 Å². The zero-order chi connectivity index (χ0) is 12.1. The first kappa shape index (κ1) is 11.8. The van der Waals surface area contributed by atoms with Gasteiger partial charge in [-0.1, -0.05) is 29.8 Å². The predicted molar refractivity (Wildman–Crippen MR) is 68.8 cm³/mol. The van der Waals surface area contributed by atoms with E-state index in [1.807, 2.05) is 36.4 Å².